The van der Waals surface area contributed by atoms with E-state index >= 15 is 0 Å². The molecule has 3 heterocycles. The van der Waals surface area contributed by atoms with Gasteiger partial charge in [0.15, 0.2) is 0 Å². The minimum absolute atomic E-state index is 0.0207. The van der Waals surface area contributed by atoms with Gasteiger partial charge in [-0.2, -0.15) is 0 Å². The van der Waals surface area contributed by atoms with Gasteiger partial charge >= 0.3 is 0 Å². The zero-order chi connectivity index (χ0) is 19.5. The lowest BCUT2D eigenvalue weighted by Gasteiger charge is -2.26. The molecule has 0 atom stereocenters. The summed E-state index contributed by atoms with van der Waals surface area (Å²) in [6, 6.07) is 11.5. The predicted molar refractivity (Wildman–Crippen MR) is 117 cm³/mol. The Morgan fingerprint density at radius 2 is 1.82 bits per heavy atom. The molecule has 0 spiro atoms. The number of hydrogen-bond acceptors (Lipinski definition) is 4. The minimum Gasteiger partial charge on any atom is -0.341 e. The van der Waals surface area contributed by atoms with Crippen molar-refractivity contribution in [3.63, 3.8) is 0 Å². The van der Waals surface area contributed by atoms with Crippen molar-refractivity contribution in [1.82, 2.24) is 4.90 Å². The average molecular weight is 460 g/mol. The standard InChI is InChI=1S/C21H22BrN3O2S/c22-19-10-9-18(28-19)16-13-20(26)25(17-8-4-3-7-15(17)23-16)14-21(27)24-11-5-1-2-6-12-24/h3-4,7-10H,1-2,5-6,11-14H2. The highest BCUT2D eigenvalue weighted by molar-refractivity contribution is 9.11. The SMILES string of the molecule is O=C(CN1C(=O)CC(c2ccc(Br)s2)=Nc2ccccc21)N1CCCCCC1. The molecule has 0 saturated carbocycles. The monoisotopic (exact) mass is 459 g/mol. The highest BCUT2D eigenvalue weighted by Crippen LogP contribution is 2.34. The maximum Gasteiger partial charge on any atom is 0.242 e. The molecule has 0 aliphatic carbocycles. The number of halogens is 1. The summed E-state index contributed by atoms with van der Waals surface area (Å²) < 4.78 is 1.00. The molecule has 0 bridgehead atoms. The van der Waals surface area contributed by atoms with Crippen molar-refractivity contribution in [2.75, 3.05) is 24.5 Å². The Hall–Kier alpha value is -1.99. The number of aliphatic imine (C=N–C) groups is 1. The summed E-state index contributed by atoms with van der Waals surface area (Å²) >= 11 is 5.04. The van der Waals surface area contributed by atoms with Gasteiger partial charge in [-0.05, 0) is 53.0 Å². The van der Waals surface area contributed by atoms with Crippen LogP contribution in [0.2, 0.25) is 0 Å². The first-order valence-corrected chi connectivity index (χ1v) is 11.2. The van der Waals surface area contributed by atoms with Crippen molar-refractivity contribution in [3.05, 3.63) is 45.1 Å². The summed E-state index contributed by atoms with van der Waals surface area (Å²) in [7, 11) is 0. The van der Waals surface area contributed by atoms with Crippen LogP contribution in [0.3, 0.4) is 0 Å². The Morgan fingerprint density at radius 3 is 2.54 bits per heavy atom. The highest BCUT2D eigenvalue weighted by Gasteiger charge is 2.28. The third-order valence-electron chi connectivity index (χ3n) is 5.16. The summed E-state index contributed by atoms with van der Waals surface area (Å²) in [4.78, 5) is 35.3. The molecule has 28 heavy (non-hydrogen) atoms. The number of likely N-dealkylation sites (tertiary alicyclic amines) is 1. The number of fused-ring (bicyclic) bond motifs is 1. The number of hydrogen-bond donors (Lipinski definition) is 0. The quantitative estimate of drug-likeness (QED) is 0.663. The molecule has 4 rings (SSSR count). The zero-order valence-electron chi connectivity index (χ0n) is 15.6. The number of benzene rings is 1. The van der Waals surface area contributed by atoms with Crippen molar-refractivity contribution in [3.8, 4) is 0 Å². The van der Waals surface area contributed by atoms with Gasteiger partial charge in [0.25, 0.3) is 0 Å². The first kappa shape index (κ1) is 19.3. The molecule has 0 unspecified atom stereocenters. The number of nitrogens with zero attached hydrogens (tertiary/aromatic N) is 3. The number of carbonyl (C=O) groups is 2. The minimum atomic E-state index is -0.0867. The van der Waals surface area contributed by atoms with E-state index in [-0.39, 0.29) is 24.8 Å². The Morgan fingerprint density at radius 1 is 1.07 bits per heavy atom. The molecule has 2 aliphatic heterocycles. The lowest BCUT2D eigenvalue weighted by atomic mass is 10.2. The van der Waals surface area contributed by atoms with Crippen molar-refractivity contribution in [2.45, 2.75) is 32.1 Å². The number of anilines is 1. The van der Waals surface area contributed by atoms with Crippen LogP contribution < -0.4 is 4.90 Å². The smallest absolute Gasteiger partial charge is 0.242 e. The Balaban J connectivity index is 1.61. The second-order valence-corrected chi connectivity index (χ2v) is 9.57. The van der Waals surface area contributed by atoms with Gasteiger partial charge in [0.2, 0.25) is 11.8 Å². The molecule has 1 fully saturated rings. The summed E-state index contributed by atoms with van der Waals surface area (Å²) in [5, 5.41) is 0. The molecule has 1 aromatic carbocycles. The maximum absolute atomic E-state index is 13.1. The molecule has 5 nitrogen and oxygen atoms in total. The van der Waals surface area contributed by atoms with Crippen LogP contribution in [0.5, 0.6) is 0 Å². The van der Waals surface area contributed by atoms with E-state index in [9.17, 15) is 9.59 Å². The van der Waals surface area contributed by atoms with E-state index < -0.39 is 0 Å². The Kier molecular flexibility index (Phi) is 5.92. The van der Waals surface area contributed by atoms with E-state index in [0.717, 1.165) is 46.0 Å². The predicted octanol–water partition coefficient (Wildman–Crippen LogP) is 4.77. The molecule has 2 aromatic rings. The summed E-state index contributed by atoms with van der Waals surface area (Å²) in [5.74, 6) is -0.0660. The van der Waals surface area contributed by atoms with Crippen LogP contribution in [-0.4, -0.2) is 42.1 Å². The molecular formula is C21H22BrN3O2S. The molecule has 2 amide bonds. The van der Waals surface area contributed by atoms with Crippen LogP contribution in [0, 0.1) is 0 Å². The van der Waals surface area contributed by atoms with Crippen LogP contribution in [0.15, 0.2) is 45.2 Å². The third kappa shape index (κ3) is 4.20. The van der Waals surface area contributed by atoms with Crippen molar-refractivity contribution in [2.24, 2.45) is 4.99 Å². The first-order chi connectivity index (χ1) is 13.6. The van der Waals surface area contributed by atoms with E-state index in [1.165, 1.54) is 12.8 Å². The van der Waals surface area contributed by atoms with Gasteiger partial charge in [-0.15, -0.1) is 11.3 Å². The van der Waals surface area contributed by atoms with Crippen molar-refractivity contribution >= 4 is 56.2 Å². The van der Waals surface area contributed by atoms with E-state index in [0.29, 0.717) is 5.69 Å². The van der Waals surface area contributed by atoms with Crippen LogP contribution in [0.4, 0.5) is 11.4 Å². The first-order valence-electron chi connectivity index (χ1n) is 9.62. The number of rotatable bonds is 3. The number of amides is 2. The largest absolute Gasteiger partial charge is 0.341 e. The second-order valence-electron chi connectivity index (χ2n) is 7.10. The molecule has 0 N–H and O–H groups in total. The number of carbonyl (C=O) groups excluding carboxylic acids is 2. The van der Waals surface area contributed by atoms with Gasteiger partial charge in [0.1, 0.15) is 6.54 Å². The Labute approximate surface area is 177 Å². The van der Waals surface area contributed by atoms with Gasteiger partial charge in [0, 0.05) is 13.1 Å². The highest BCUT2D eigenvalue weighted by atomic mass is 79.9. The van der Waals surface area contributed by atoms with E-state index in [1.54, 1.807) is 16.2 Å². The number of para-hydroxylation sites is 2. The fourth-order valence-electron chi connectivity index (χ4n) is 3.69. The Bertz CT molecular complexity index is 916. The molecular weight excluding hydrogens is 438 g/mol. The van der Waals surface area contributed by atoms with E-state index in [4.69, 9.17) is 4.99 Å². The normalized spacial score (nSPS) is 17.6. The number of thiophene rings is 1. The van der Waals surface area contributed by atoms with Crippen LogP contribution >= 0.6 is 27.3 Å². The molecule has 0 radical (unpaired) electrons. The third-order valence-corrected chi connectivity index (χ3v) is 6.83. The fourth-order valence-corrected chi connectivity index (χ4v) is 5.06. The average Bonchev–Trinajstić information content (AvgIpc) is 2.90. The van der Waals surface area contributed by atoms with E-state index in [2.05, 4.69) is 15.9 Å². The summed E-state index contributed by atoms with van der Waals surface area (Å²) in [6.07, 6.45) is 4.61. The summed E-state index contributed by atoms with van der Waals surface area (Å²) in [5.41, 5.74) is 2.19. The van der Waals surface area contributed by atoms with Crippen molar-refractivity contribution < 1.29 is 9.59 Å². The van der Waals surface area contributed by atoms with Crippen LogP contribution in [-0.2, 0) is 9.59 Å². The van der Waals surface area contributed by atoms with Gasteiger partial charge in [-0.1, -0.05) is 25.0 Å². The topological polar surface area (TPSA) is 53.0 Å². The fraction of sp³-hybridized carbons (Fsp3) is 0.381. The second kappa shape index (κ2) is 8.57. The molecule has 1 saturated heterocycles. The molecule has 2 aliphatic rings. The molecule has 146 valence electrons. The van der Waals surface area contributed by atoms with Gasteiger partial charge in [0.05, 0.1) is 32.2 Å². The van der Waals surface area contributed by atoms with Crippen molar-refractivity contribution in [1.29, 1.82) is 0 Å². The van der Waals surface area contributed by atoms with Gasteiger partial charge in [-0.3, -0.25) is 9.59 Å². The molecule has 7 heteroatoms. The molecule has 1 aromatic heterocycles. The van der Waals surface area contributed by atoms with Crippen LogP contribution in [0.25, 0.3) is 0 Å². The van der Waals surface area contributed by atoms with E-state index in [1.807, 2.05) is 41.3 Å². The lowest BCUT2D eigenvalue weighted by Crippen LogP contribution is -2.43. The maximum atomic E-state index is 13.1. The summed E-state index contributed by atoms with van der Waals surface area (Å²) in [6.45, 7) is 1.65. The zero-order valence-corrected chi connectivity index (χ0v) is 18.0. The van der Waals surface area contributed by atoms with Gasteiger partial charge < -0.3 is 9.80 Å². The van der Waals surface area contributed by atoms with Crippen LogP contribution in [0.1, 0.15) is 37.0 Å². The lowest BCUT2D eigenvalue weighted by molar-refractivity contribution is -0.131. The van der Waals surface area contributed by atoms with Gasteiger partial charge in [-0.25, -0.2) is 4.99 Å².